The van der Waals surface area contributed by atoms with E-state index in [0.717, 1.165) is 18.1 Å². The van der Waals surface area contributed by atoms with Crippen molar-refractivity contribution in [3.8, 4) is 5.75 Å². The molecule has 2 aromatic rings. The predicted octanol–water partition coefficient (Wildman–Crippen LogP) is 2.78. The van der Waals surface area contributed by atoms with Gasteiger partial charge < -0.3 is 10.1 Å². The number of H-pyrrole nitrogens is 1. The predicted molar refractivity (Wildman–Crippen MR) is 73.5 cm³/mol. The highest BCUT2D eigenvalue weighted by atomic mass is 35.5. The Morgan fingerprint density at radius 2 is 2.35 bits per heavy atom. The van der Waals surface area contributed by atoms with Crippen molar-refractivity contribution in [1.82, 2.24) is 10.2 Å². The van der Waals surface area contributed by atoms with Crippen LogP contribution in [-0.4, -0.2) is 22.7 Å². The average Bonchev–Trinajstić information content (AvgIpc) is 2.85. The smallest absolute Gasteiger partial charge is 0.263 e. The minimum atomic E-state index is -0.461. The van der Waals surface area contributed by atoms with Crippen LogP contribution in [0.4, 0.5) is 10.2 Å². The van der Waals surface area contributed by atoms with Gasteiger partial charge in [-0.05, 0) is 24.6 Å². The minimum absolute atomic E-state index is 0.119. The van der Waals surface area contributed by atoms with E-state index in [1.165, 1.54) is 12.1 Å². The van der Waals surface area contributed by atoms with Crippen molar-refractivity contribution >= 4 is 23.3 Å². The number of benzene rings is 1. The van der Waals surface area contributed by atoms with Gasteiger partial charge in [-0.2, -0.15) is 5.10 Å². The first-order valence-corrected chi connectivity index (χ1v) is 6.38. The fourth-order valence-corrected chi connectivity index (χ4v) is 1.82. The van der Waals surface area contributed by atoms with Crippen LogP contribution in [-0.2, 0) is 11.2 Å². The molecule has 2 N–H and O–H groups in total. The van der Waals surface area contributed by atoms with E-state index in [2.05, 4.69) is 15.5 Å². The molecule has 0 saturated carbocycles. The third kappa shape index (κ3) is 3.48. The van der Waals surface area contributed by atoms with Gasteiger partial charge in [-0.25, -0.2) is 4.39 Å². The molecule has 1 heterocycles. The first-order chi connectivity index (χ1) is 9.60. The van der Waals surface area contributed by atoms with Crippen LogP contribution in [0.2, 0.25) is 5.02 Å². The van der Waals surface area contributed by atoms with Crippen LogP contribution in [0.1, 0.15) is 12.5 Å². The number of halogens is 2. The number of nitrogens with zero attached hydrogens (tertiary/aromatic N) is 1. The van der Waals surface area contributed by atoms with Gasteiger partial charge in [-0.15, -0.1) is 0 Å². The second-order valence-electron chi connectivity index (χ2n) is 4.04. The standard InChI is InChI=1S/C13H13ClFN3O2/c1-2-8-6-16-18-13(8)17-12(19)7-20-11-4-3-9(15)5-10(11)14/h3-6H,2,7H2,1H3,(H2,16,17,18,19). The van der Waals surface area contributed by atoms with Crippen molar-refractivity contribution in [3.63, 3.8) is 0 Å². The molecule has 1 aromatic carbocycles. The molecule has 0 atom stereocenters. The SMILES string of the molecule is CCc1cn[nH]c1NC(=O)COc1ccc(F)cc1Cl. The van der Waals surface area contributed by atoms with E-state index in [9.17, 15) is 9.18 Å². The molecule has 0 aliphatic heterocycles. The number of carbonyl (C=O) groups excluding carboxylic acids is 1. The first-order valence-electron chi connectivity index (χ1n) is 6.00. The fraction of sp³-hybridized carbons (Fsp3) is 0.231. The van der Waals surface area contributed by atoms with E-state index in [0.29, 0.717) is 5.82 Å². The number of anilines is 1. The summed E-state index contributed by atoms with van der Waals surface area (Å²) in [6.45, 7) is 1.73. The van der Waals surface area contributed by atoms with Gasteiger partial charge in [0.25, 0.3) is 5.91 Å². The van der Waals surface area contributed by atoms with Crippen molar-refractivity contribution in [2.24, 2.45) is 0 Å². The maximum atomic E-state index is 12.9. The Hall–Kier alpha value is -2.08. The number of carbonyl (C=O) groups is 1. The van der Waals surface area contributed by atoms with Crippen LogP contribution in [0.3, 0.4) is 0 Å². The number of rotatable bonds is 5. The summed E-state index contributed by atoms with van der Waals surface area (Å²) >= 11 is 5.79. The van der Waals surface area contributed by atoms with Crippen molar-refractivity contribution in [3.05, 3.63) is 40.8 Å². The summed E-state index contributed by atoms with van der Waals surface area (Å²) in [7, 11) is 0. The molecule has 5 nitrogen and oxygen atoms in total. The van der Waals surface area contributed by atoms with E-state index < -0.39 is 5.82 Å². The molecule has 0 spiro atoms. The molecule has 0 aliphatic carbocycles. The minimum Gasteiger partial charge on any atom is -0.482 e. The van der Waals surface area contributed by atoms with Crippen LogP contribution in [0, 0.1) is 5.82 Å². The third-order valence-electron chi connectivity index (χ3n) is 2.62. The lowest BCUT2D eigenvalue weighted by Crippen LogP contribution is -2.21. The monoisotopic (exact) mass is 297 g/mol. The van der Waals surface area contributed by atoms with Gasteiger partial charge in [0.05, 0.1) is 11.2 Å². The maximum absolute atomic E-state index is 12.9. The Labute approximate surface area is 120 Å². The molecule has 106 valence electrons. The van der Waals surface area contributed by atoms with Crippen LogP contribution in [0.15, 0.2) is 24.4 Å². The summed E-state index contributed by atoms with van der Waals surface area (Å²) < 4.78 is 18.1. The van der Waals surface area contributed by atoms with E-state index in [1.54, 1.807) is 6.20 Å². The Morgan fingerprint density at radius 3 is 3.05 bits per heavy atom. The third-order valence-corrected chi connectivity index (χ3v) is 2.91. The molecule has 1 amide bonds. The van der Waals surface area contributed by atoms with Crippen molar-refractivity contribution < 1.29 is 13.9 Å². The first kappa shape index (κ1) is 14.3. The van der Waals surface area contributed by atoms with Crippen molar-refractivity contribution in [2.45, 2.75) is 13.3 Å². The molecule has 0 unspecified atom stereocenters. The molecule has 0 radical (unpaired) electrons. The summed E-state index contributed by atoms with van der Waals surface area (Å²) in [6, 6.07) is 3.71. The second-order valence-corrected chi connectivity index (χ2v) is 4.44. The molecule has 7 heteroatoms. The number of hydrogen-bond acceptors (Lipinski definition) is 3. The topological polar surface area (TPSA) is 67.0 Å². The number of amides is 1. The highest BCUT2D eigenvalue weighted by Gasteiger charge is 2.10. The summed E-state index contributed by atoms with van der Waals surface area (Å²) in [5.74, 6) is -0.0176. The van der Waals surface area contributed by atoms with Gasteiger partial charge in [0.1, 0.15) is 17.4 Å². The van der Waals surface area contributed by atoms with Crippen LogP contribution < -0.4 is 10.1 Å². The summed E-state index contributed by atoms with van der Waals surface area (Å²) in [4.78, 5) is 11.7. The molecular formula is C13H13ClFN3O2. The van der Waals surface area contributed by atoms with Gasteiger partial charge in [0.2, 0.25) is 0 Å². The lowest BCUT2D eigenvalue weighted by atomic mass is 10.2. The number of ether oxygens (including phenoxy) is 1. The average molecular weight is 298 g/mol. The van der Waals surface area contributed by atoms with E-state index in [1.807, 2.05) is 6.92 Å². The van der Waals surface area contributed by atoms with Gasteiger partial charge in [-0.3, -0.25) is 9.89 Å². The molecule has 20 heavy (non-hydrogen) atoms. The molecule has 0 bridgehead atoms. The van der Waals surface area contributed by atoms with Gasteiger partial charge in [0, 0.05) is 5.56 Å². The zero-order valence-electron chi connectivity index (χ0n) is 10.7. The van der Waals surface area contributed by atoms with Crippen molar-refractivity contribution in [2.75, 3.05) is 11.9 Å². The molecule has 1 aromatic heterocycles. The fourth-order valence-electron chi connectivity index (χ4n) is 1.60. The largest absolute Gasteiger partial charge is 0.482 e. The highest BCUT2D eigenvalue weighted by molar-refractivity contribution is 6.32. The van der Waals surface area contributed by atoms with Gasteiger partial charge in [0.15, 0.2) is 6.61 Å². The normalized spacial score (nSPS) is 10.3. The molecular weight excluding hydrogens is 285 g/mol. The molecule has 2 rings (SSSR count). The number of hydrogen-bond donors (Lipinski definition) is 2. The van der Waals surface area contributed by atoms with Crippen LogP contribution in [0.5, 0.6) is 5.75 Å². The number of aryl methyl sites for hydroxylation is 1. The Kier molecular flexibility index (Phi) is 4.57. The van der Waals surface area contributed by atoms with Gasteiger partial charge >= 0.3 is 0 Å². The zero-order valence-corrected chi connectivity index (χ0v) is 11.5. The van der Waals surface area contributed by atoms with Crippen LogP contribution >= 0.6 is 11.6 Å². The second kappa shape index (κ2) is 6.38. The summed E-state index contributed by atoms with van der Waals surface area (Å²) in [5, 5.41) is 9.30. The van der Waals surface area contributed by atoms with E-state index >= 15 is 0 Å². The Bertz CT molecular complexity index is 615. The lowest BCUT2D eigenvalue weighted by molar-refractivity contribution is -0.118. The van der Waals surface area contributed by atoms with E-state index in [4.69, 9.17) is 16.3 Å². The Balaban J connectivity index is 1.92. The Morgan fingerprint density at radius 1 is 1.55 bits per heavy atom. The quantitative estimate of drug-likeness (QED) is 0.892. The summed E-state index contributed by atoms with van der Waals surface area (Å²) in [6.07, 6.45) is 2.39. The molecule has 0 fully saturated rings. The van der Waals surface area contributed by atoms with Gasteiger partial charge in [-0.1, -0.05) is 18.5 Å². The van der Waals surface area contributed by atoms with Crippen molar-refractivity contribution in [1.29, 1.82) is 0 Å². The lowest BCUT2D eigenvalue weighted by Gasteiger charge is -2.08. The van der Waals surface area contributed by atoms with Crippen LogP contribution in [0.25, 0.3) is 0 Å². The molecule has 0 saturated heterocycles. The van der Waals surface area contributed by atoms with E-state index in [-0.39, 0.29) is 23.3 Å². The highest BCUT2D eigenvalue weighted by Crippen LogP contribution is 2.24. The number of aromatic amines is 1. The number of nitrogens with one attached hydrogen (secondary N) is 2. The zero-order chi connectivity index (χ0) is 14.5. The summed E-state index contributed by atoms with van der Waals surface area (Å²) in [5.41, 5.74) is 0.901. The maximum Gasteiger partial charge on any atom is 0.263 e. The number of aromatic nitrogens is 2. The molecule has 0 aliphatic rings.